The average molecular weight is 299 g/mol. The Kier molecular flexibility index (Phi) is 6.64. The quantitative estimate of drug-likeness (QED) is 0.894. The highest BCUT2D eigenvalue weighted by Crippen LogP contribution is 2.22. The zero-order valence-corrected chi connectivity index (χ0v) is 10.8. The van der Waals surface area contributed by atoms with Crippen molar-refractivity contribution in [2.75, 3.05) is 6.54 Å². The molecule has 0 saturated heterocycles. The molecule has 0 radical (unpaired) electrons. The number of alkyl halides is 3. The molecule has 0 heterocycles. The number of benzene rings is 1. The summed E-state index contributed by atoms with van der Waals surface area (Å²) in [6.45, 7) is 2.00. The van der Waals surface area contributed by atoms with Gasteiger partial charge in [-0.15, -0.1) is 25.6 Å². The van der Waals surface area contributed by atoms with E-state index in [1.807, 2.05) is 0 Å². The Morgan fingerprint density at radius 2 is 1.89 bits per heavy atom. The Morgan fingerprint density at radius 3 is 2.32 bits per heavy atom. The second-order valence-electron chi connectivity index (χ2n) is 3.68. The van der Waals surface area contributed by atoms with Gasteiger partial charge in [0.1, 0.15) is 5.75 Å². The summed E-state index contributed by atoms with van der Waals surface area (Å²) >= 11 is 0. The summed E-state index contributed by atoms with van der Waals surface area (Å²) in [5.74, 6) is -0.766. The monoisotopic (exact) mass is 298 g/mol. The number of nitrogens with two attached hydrogens (primary N) is 1. The van der Waals surface area contributed by atoms with Crippen LogP contribution in [0, 0.1) is 0 Å². The number of hydrogen-bond acceptors (Lipinski definition) is 3. The molecule has 3 N–H and O–H groups in total. The van der Waals surface area contributed by atoms with Gasteiger partial charge in [0.05, 0.1) is 0 Å². The van der Waals surface area contributed by atoms with Crippen LogP contribution < -0.4 is 15.8 Å². The summed E-state index contributed by atoms with van der Waals surface area (Å²) in [4.78, 5) is 11.6. The maximum atomic E-state index is 11.9. The van der Waals surface area contributed by atoms with E-state index < -0.39 is 12.3 Å². The summed E-state index contributed by atoms with van der Waals surface area (Å²) in [7, 11) is 0. The molecule has 8 heteroatoms. The molecule has 0 saturated carbocycles. The number of hydrogen-bond donors (Lipinski definition) is 2. The molecule has 1 atom stereocenters. The van der Waals surface area contributed by atoms with Gasteiger partial charge in [-0.25, -0.2) is 0 Å². The molecule has 0 unspecified atom stereocenters. The van der Waals surface area contributed by atoms with E-state index in [1.54, 1.807) is 6.92 Å². The molecule has 0 aliphatic heterocycles. The predicted octanol–water partition coefficient (Wildman–Crippen LogP) is 2.08. The molecule has 0 spiro atoms. The van der Waals surface area contributed by atoms with E-state index >= 15 is 0 Å². The van der Waals surface area contributed by atoms with Crippen molar-refractivity contribution in [1.82, 2.24) is 5.32 Å². The Labute approximate surface area is 114 Å². The zero-order chi connectivity index (χ0) is 13.8. The van der Waals surface area contributed by atoms with E-state index in [0.29, 0.717) is 0 Å². The number of carbonyl (C=O) groups excluding carboxylic acids is 1. The first kappa shape index (κ1) is 17.5. The van der Waals surface area contributed by atoms with Crippen molar-refractivity contribution in [3.8, 4) is 5.75 Å². The van der Waals surface area contributed by atoms with Gasteiger partial charge in [0.25, 0.3) is 5.91 Å². The highest BCUT2D eigenvalue weighted by atomic mass is 35.5. The number of amides is 1. The fraction of sp³-hybridized carbons (Fsp3) is 0.364. The summed E-state index contributed by atoms with van der Waals surface area (Å²) in [6.07, 6.45) is -4.74. The van der Waals surface area contributed by atoms with Crippen LogP contribution in [0.15, 0.2) is 24.3 Å². The van der Waals surface area contributed by atoms with Crippen LogP contribution in [0.5, 0.6) is 5.75 Å². The van der Waals surface area contributed by atoms with Crippen molar-refractivity contribution in [2.45, 2.75) is 19.3 Å². The van der Waals surface area contributed by atoms with Crippen LogP contribution in [0.1, 0.15) is 17.3 Å². The van der Waals surface area contributed by atoms with Gasteiger partial charge in [0.15, 0.2) is 0 Å². The van der Waals surface area contributed by atoms with Gasteiger partial charge in [0.2, 0.25) is 0 Å². The van der Waals surface area contributed by atoms with Crippen molar-refractivity contribution in [3.05, 3.63) is 29.8 Å². The SMILES string of the molecule is C[C@H](CN)NC(=O)c1ccc(OC(F)(F)F)cc1.Cl. The van der Waals surface area contributed by atoms with Gasteiger partial charge in [-0.1, -0.05) is 0 Å². The first-order valence-corrected chi connectivity index (χ1v) is 5.18. The molecule has 108 valence electrons. The van der Waals surface area contributed by atoms with E-state index in [9.17, 15) is 18.0 Å². The van der Waals surface area contributed by atoms with Crippen LogP contribution in [0.2, 0.25) is 0 Å². The molecule has 0 fully saturated rings. The summed E-state index contributed by atoms with van der Waals surface area (Å²) in [6, 6.07) is 4.45. The standard InChI is InChI=1S/C11H13F3N2O2.ClH/c1-7(6-15)16-10(17)8-2-4-9(5-3-8)18-11(12,13)14;/h2-5,7H,6,15H2,1H3,(H,16,17);1H/t7-;/m1./s1. The number of carbonyl (C=O) groups is 1. The maximum Gasteiger partial charge on any atom is 0.573 e. The Hall–Kier alpha value is -1.47. The third kappa shape index (κ3) is 6.30. The Balaban J connectivity index is 0.00000324. The number of rotatable bonds is 4. The molecule has 0 aromatic heterocycles. The van der Waals surface area contributed by atoms with E-state index in [0.717, 1.165) is 12.1 Å². The van der Waals surface area contributed by atoms with E-state index in [2.05, 4.69) is 10.1 Å². The molecule has 4 nitrogen and oxygen atoms in total. The van der Waals surface area contributed by atoms with Crippen LogP contribution in [0.25, 0.3) is 0 Å². The molecule has 1 rings (SSSR count). The molecular formula is C11H14ClF3N2O2. The minimum absolute atomic E-state index is 0. The Morgan fingerprint density at radius 1 is 1.37 bits per heavy atom. The first-order valence-electron chi connectivity index (χ1n) is 5.18. The second-order valence-corrected chi connectivity index (χ2v) is 3.68. The number of halogens is 4. The van der Waals surface area contributed by atoms with Crippen molar-refractivity contribution in [2.24, 2.45) is 5.73 Å². The first-order chi connectivity index (χ1) is 8.31. The zero-order valence-electron chi connectivity index (χ0n) is 10.0. The minimum Gasteiger partial charge on any atom is -0.406 e. The lowest BCUT2D eigenvalue weighted by molar-refractivity contribution is -0.274. The van der Waals surface area contributed by atoms with Gasteiger partial charge in [0, 0.05) is 18.2 Å². The highest BCUT2D eigenvalue weighted by Gasteiger charge is 2.31. The molecule has 0 aliphatic carbocycles. The normalized spacial score (nSPS) is 12.3. The largest absolute Gasteiger partial charge is 0.573 e. The molecule has 19 heavy (non-hydrogen) atoms. The lowest BCUT2D eigenvalue weighted by Crippen LogP contribution is -2.37. The van der Waals surface area contributed by atoms with E-state index in [-0.39, 0.29) is 36.3 Å². The van der Waals surface area contributed by atoms with Crippen molar-refractivity contribution < 1.29 is 22.7 Å². The molecule has 0 aliphatic rings. The molecule has 1 amide bonds. The number of ether oxygens (including phenoxy) is 1. The average Bonchev–Trinajstić information content (AvgIpc) is 2.27. The van der Waals surface area contributed by atoms with Crippen LogP contribution in [-0.4, -0.2) is 24.9 Å². The lowest BCUT2D eigenvalue weighted by atomic mass is 10.2. The summed E-state index contributed by atoms with van der Waals surface area (Å²) < 4.78 is 39.4. The van der Waals surface area contributed by atoms with E-state index in [4.69, 9.17) is 5.73 Å². The molecule has 1 aromatic carbocycles. The van der Waals surface area contributed by atoms with E-state index in [1.165, 1.54) is 12.1 Å². The highest BCUT2D eigenvalue weighted by molar-refractivity contribution is 5.94. The molecular weight excluding hydrogens is 285 g/mol. The predicted molar refractivity (Wildman–Crippen MR) is 66.4 cm³/mol. The van der Waals surface area contributed by atoms with Gasteiger partial charge in [-0.2, -0.15) is 0 Å². The Bertz CT molecular complexity index is 409. The maximum absolute atomic E-state index is 11.9. The van der Waals surface area contributed by atoms with Crippen molar-refractivity contribution in [1.29, 1.82) is 0 Å². The van der Waals surface area contributed by atoms with Crippen LogP contribution in [0.4, 0.5) is 13.2 Å². The third-order valence-electron chi connectivity index (χ3n) is 2.08. The second kappa shape index (κ2) is 7.20. The fourth-order valence-electron chi connectivity index (χ4n) is 1.17. The lowest BCUT2D eigenvalue weighted by Gasteiger charge is -2.12. The molecule has 1 aromatic rings. The van der Waals surface area contributed by atoms with Crippen LogP contribution in [0.3, 0.4) is 0 Å². The van der Waals surface area contributed by atoms with Gasteiger partial charge in [-0.3, -0.25) is 4.79 Å². The van der Waals surface area contributed by atoms with Crippen LogP contribution >= 0.6 is 12.4 Å². The summed E-state index contributed by atoms with van der Waals surface area (Å²) in [5.41, 5.74) is 5.57. The van der Waals surface area contributed by atoms with Crippen LogP contribution in [-0.2, 0) is 0 Å². The van der Waals surface area contributed by atoms with Gasteiger partial charge >= 0.3 is 6.36 Å². The fourth-order valence-corrected chi connectivity index (χ4v) is 1.17. The molecule has 0 bridgehead atoms. The summed E-state index contributed by atoms with van der Waals surface area (Å²) in [5, 5.41) is 2.59. The van der Waals surface area contributed by atoms with Crippen molar-refractivity contribution in [3.63, 3.8) is 0 Å². The minimum atomic E-state index is -4.74. The third-order valence-corrected chi connectivity index (χ3v) is 2.08. The van der Waals surface area contributed by atoms with Gasteiger partial charge < -0.3 is 15.8 Å². The number of nitrogens with one attached hydrogen (secondary N) is 1. The van der Waals surface area contributed by atoms with Crippen molar-refractivity contribution >= 4 is 18.3 Å². The van der Waals surface area contributed by atoms with Gasteiger partial charge in [-0.05, 0) is 31.2 Å². The topological polar surface area (TPSA) is 64.3 Å². The smallest absolute Gasteiger partial charge is 0.406 e.